The topological polar surface area (TPSA) is 39.4 Å². The number of aryl methyl sites for hydroxylation is 1. The molecule has 68 valence electrons. The molecule has 0 N–H and O–H groups in total. The molecule has 1 aromatic rings. The van der Waals surface area contributed by atoms with Crippen molar-refractivity contribution in [3.8, 4) is 17.6 Å². The van der Waals surface area contributed by atoms with E-state index in [1.165, 1.54) is 12.3 Å². The first-order valence-electron chi connectivity index (χ1n) is 3.86. The maximum Gasteiger partial charge on any atom is 0.227 e. The van der Waals surface area contributed by atoms with E-state index in [-0.39, 0.29) is 17.8 Å². The minimum absolute atomic E-state index is 0.179. The van der Waals surface area contributed by atoms with E-state index in [4.69, 9.17) is 9.15 Å². The minimum Gasteiger partial charge on any atom is -0.474 e. The second kappa shape index (κ2) is 4.36. The van der Waals surface area contributed by atoms with Crippen molar-refractivity contribution in [1.82, 2.24) is 0 Å². The van der Waals surface area contributed by atoms with Crippen LogP contribution in [-0.2, 0) is 0 Å². The Balaban J connectivity index is 2.76. The maximum atomic E-state index is 11.2. The van der Waals surface area contributed by atoms with Crippen molar-refractivity contribution in [3.63, 3.8) is 0 Å². The standard InChI is InChI=1S/C10H10O3/c1-3-4-5-12-10-7-13-8(2)6-9(10)11/h6-7H,5H2,1-2H3. The zero-order valence-corrected chi connectivity index (χ0v) is 7.59. The second-order valence-corrected chi connectivity index (χ2v) is 2.43. The highest BCUT2D eigenvalue weighted by Crippen LogP contribution is 2.03. The second-order valence-electron chi connectivity index (χ2n) is 2.43. The van der Waals surface area contributed by atoms with Gasteiger partial charge in [0.25, 0.3) is 0 Å². The van der Waals surface area contributed by atoms with Gasteiger partial charge in [-0.3, -0.25) is 4.79 Å². The average molecular weight is 178 g/mol. The van der Waals surface area contributed by atoms with Gasteiger partial charge in [0.05, 0.1) is 0 Å². The van der Waals surface area contributed by atoms with Gasteiger partial charge in [0.2, 0.25) is 11.2 Å². The summed E-state index contributed by atoms with van der Waals surface area (Å²) in [4.78, 5) is 11.2. The van der Waals surface area contributed by atoms with Crippen molar-refractivity contribution in [2.75, 3.05) is 6.61 Å². The van der Waals surface area contributed by atoms with Gasteiger partial charge < -0.3 is 9.15 Å². The highest BCUT2D eigenvalue weighted by atomic mass is 16.5. The molecule has 0 aliphatic rings. The van der Waals surface area contributed by atoms with Gasteiger partial charge in [-0.05, 0) is 13.8 Å². The van der Waals surface area contributed by atoms with Crippen LogP contribution in [0.1, 0.15) is 12.7 Å². The van der Waals surface area contributed by atoms with Gasteiger partial charge in [-0.1, -0.05) is 5.92 Å². The van der Waals surface area contributed by atoms with Crippen molar-refractivity contribution in [3.05, 3.63) is 28.3 Å². The van der Waals surface area contributed by atoms with E-state index in [1.54, 1.807) is 13.8 Å². The molecule has 0 amide bonds. The number of ether oxygens (including phenoxy) is 1. The molecular formula is C10H10O3. The van der Waals surface area contributed by atoms with Crippen LogP contribution in [0.3, 0.4) is 0 Å². The highest BCUT2D eigenvalue weighted by Gasteiger charge is 2.00. The SMILES string of the molecule is CC#CCOc1coc(C)cc1=O. The molecule has 0 aliphatic heterocycles. The Labute approximate surface area is 76.3 Å². The van der Waals surface area contributed by atoms with Crippen LogP contribution in [0.5, 0.6) is 5.75 Å². The summed E-state index contributed by atoms with van der Waals surface area (Å²) in [6.45, 7) is 3.63. The van der Waals surface area contributed by atoms with Crippen molar-refractivity contribution in [2.45, 2.75) is 13.8 Å². The van der Waals surface area contributed by atoms with Crippen LogP contribution in [-0.4, -0.2) is 6.61 Å². The largest absolute Gasteiger partial charge is 0.474 e. The molecule has 0 fully saturated rings. The first-order valence-corrected chi connectivity index (χ1v) is 3.86. The molecule has 0 atom stereocenters. The molecule has 3 nitrogen and oxygen atoms in total. The van der Waals surface area contributed by atoms with E-state index in [9.17, 15) is 4.79 Å². The van der Waals surface area contributed by atoms with Crippen molar-refractivity contribution >= 4 is 0 Å². The van der Waals surface area contributed by atoms with E-state index >= 15 is 0 Å². The van der Waals surface area contributed by atoms with Crippen LogP contribution in [0.25, 0.3) is 0 Å². The fourth-order valence-electron chi connectivity index (χ4n) is 0.785. The van der Waals surface area contributed by atoms with E-state index in [2.05, 4.69) is 11.8 Å². The Hall–Kier alpha value is -1.69. The Morgan fingerprint density at radius 1 is 1.62 bits per heavy atom. The van der Waals surface area contributed by atoms with Gasteiger partial charge in [0.1, 0.15) is 18.6 Å². The highest BCUT2D eigenvalue weighted by molar-refractivity contribution is 5.17. The number of hydrogen-bond donors (Lipinski definition) is 0. The van der Waals surface area contributed by atoms with Crippen LogP contribution in [0, 0.1) is 18.8 Å². The summed E-state index contributed by atoms with van der Waals surface area (Å²) in [5, 5.41) is 0. The average Bonchev–Trinajstić information content (AvgIpc) is 2.09. The molecule has 1 aromatic heterocycles. The maximum absolute atomic E-state index is 11.2. The third-order valence-corrected chi connectivity index (χ3v) is 1.41. The van der Waals surface area contributed by atoms with Crippen LogP contribution >= 0.6 is 0 Å². The molecule has 0 spiro atoms. The lowest BCUT2D eigenvalue weighted by Crippen LogP contribution is -2.07. The Bertz CT molecular complexity index is 393. The monoisotopic (exact) mass is 178 g/mol. The van der Waals surface area contributed by atoms with Gasteiger partial charge >= 0.3 is 0 Å². The summed E-state index contributed by atoms with van der Waals surface area (Å²) >= 11 is 0. The smallest absolute Gasteiger partial charge is 0.227 e. The summed E-state index contributed by atoms with van der Waals surface area (Å²) in [5.41, 5.74) is -0.179. The molecule has 0 saturated carbocycles. The predicted molar refractivity (Wildman–Crippen MR) is 48.7 cm³/mol. The van der Waals surface area contributed by atoms with Gasteiger partial charge in [0, 0.05) is 6.07 Å². The Morgan fingerprint density at radius 2 is 2.38 bits per heavy atom. The van der Waals surface area contributed by atoms with E-state index in [1.807, 2.05) is 0 Å². The number of rotatable bonds is 2. The van der Waals surface area contributed by atoms with Crippen molar-refractivity contribution in [2.24, 2.45) is 0 Å². The molecule has 13 heavy (non-hydrogen) atoms. The molecule has 1 heterocycles. The predicted octanol–water partition coefficient (Wildman–Crippen LogP) is 1.35. The normalized spacial score (nSPS) is 8.77. The fraction of sp³-hybridized carbons (Fsp3) is 0.300. The van der Waals surface area contributed by atoms with Crippen LogP contribution in [0.2, 0.25) is 0 Å². The molecule has 1 rings (SSSR count). The molecule has 0 aliphatic carbocycles. The van der Waals surface area contributed by atoms with E-state index < -0.39 is 0 Å². The first kappa shape index (κ1) is 9.40. The Morgan fingerprint density at radius 3 is 3.00 bits per heavy atom. The molecule has 3 heteroatoms. The lowest BCUT2D eigenvalue weighted by molar-refractivity contribution is 0.346. The third-order valence-electron chi connectivity index (χ3n) is 1.41. The summed E-state index contributed by atoms with van der Waals surface area (Å²) in [5.74, 6) is 6.12. The summed E-state index contributed by atoms with van der Waals surface area (Å²) in [6, 6.07) is 1.38. The quantitative estimate of drug-likeness (QED) is 0.642. The van der Waals surface area contributed by atoms with Crippen LogP contribution in [0.15, 0.2) is 21.5 Å². The van der Waals surface area contributed by atoms with Crippen molar-refractivity contribution < 1.29 is 9.15 Å². The van der Waals surface area contributed by atoms with Crippen molar-refractivity contribution in [1.29, 1.82) is 0 Å². The lowest BCUT2D eigenvalue weighted by atomic mass is 10.4. The Kier molecular flexibility index (Phi) is 3.15. The summed E-state index contributed by atoms with van der Waals surface area (Å²) in [7, 11) is 0. The summed E-state index contributed by atoms with van der Waals surface area (Å²) in [6.07, 6.45) is 1.30. The molecule has 0 aromatic carbocycles. The van der Waals surface area contributed by atoms with Gasteiger partial charge in [-0.15, -0.1) is 5.92 Å². The van der Waals surface area contributed by atoms with Gasteiger partial charge in [0.15, 0.2) is 0 Å². The van der Waals surface area contributed by atoms with E-state index in [0.717, 1.165) is 0 Å². The first-order chi connectivity index (χ1) is 6.24. The zero-order valence-electron chi connectivity index (χ0n) is 7.59. The molecule has 0 unspecified atom stereocenters. The van der Waals surface area contributed by atoms with Crippen LogP contribution < -0.4 is 10.2 Å². The molecule has 0 bridgehead atoms. The fourth-order valence-corrected chi connectivity index (χ4v) is 0.785. The molecule has 0 radical (unpaired) electrons. The summed E-state index contributed by atoms with van der Waals surface area (Å²) < 4.78 is 10.0. The van der Waals surface area contributed by atoms with Gasteiger partial charge in [-0.2, -0.15) is 0 Å². The third kappa shape index (κ3) is 2.68. The molecule has 0 saturated heterocycles. The molecular weight excluding hydrogens is 168 g/mol. The zero-order chi connectivity index (χ0) is 9.68. The van der Waals surface area contributed by atoms with E-state index in [0.29, 0.717) is 5.76 Å². The number of hydrogen-bond acceptors (Lipinski definition) is 3. The van der Waals surface area contributed by atoms with Gasteiger partial charge in [-0.25, -0.2) is 0 Å². The van der Waals surface area contributed by atoms with Crippen LogP contribution in [0.4, 0.5) is 0 Å². The lowest BCUT2D eigenvalue weighted by Gasteiger charge is -1.99. The minimum atomic E-state index is -0.179.